The molecule has 21 heavy (non-hydrogen) atoms. The average molecular weight is 305 g/mol. The Kier molecular flexibility index (Phi) is 6.62. The molecule has 0 spiro atoms. The molecular weight excluding hydrogens is 278 g/mol. The van der Waals surface area contributed by atoms with E-state index in [0.29, 0.717) is 11.8 Å². The molecule has 1 aromatic carbocycles. The van der Waals surface area contributed by atoms with E-state index in [1.807, 2.05) is 6.07 Å². The molecule has 1 fully saturated rings. The van der Waals surface area contributed by atoms with Crippen molar-refractivity contribution in [2.45, 2.75) is 44.9 Å². The summed E-state index contributed by atoms with van der Waals surface area (Å²) in [5.74, 6) is 2.18. The standard InChI is InChI=1S/C18H27NOS/c1-2-6-15-9-10-18(20)19(12-11-15)13-17(14-21)16-7-4-3-5-8-16/h3-5,7-8,15,17,21H,2,6,9-14H2,1H3. The second-order valence-corrected chi connectivity index (χ2v) is 6.48. The van der Waals surface area contributed by atoms with Crippen LogP contribution in [0.25, 0.3) is 0 Å². The van der Waals surface area contributed by atoms with Gasteiger partial charge in [-0.05, 0) is 30.1 Å². The second kappa shape index (κ2) is 8.47. The number of amides is 1. The van der Waals surface area contributed by atoms with Crippen LogP contribution in [0.5, 0.6) is 0 Å². The minimum Gasteiger partial charge on any atom is -0.342 e. The van der Waals surface area contributed by atoms with Crippen molar-refractivity contribution in [1.29, 1.82) is 0 Å². The third kappa shape index (κ3) is 4.77. The Bertz CT molecular complexity index is 434. The molecule has 1 aliphatic heterocycles. The SMILES string of the molecule is CCCC1CCC(=O)N(CC(CS)c2ccccc2)CC1. The molecule has 0 bridgehead atoms. The molecule has 2 nitrogen and oxygen atoms in total. The molecule has 2 rings (SSSR count). The first-order chi connectivity index (χ1) is 10.2. The minimum atomic E-state index is 0.330. The van der Waals surface area contributed by atoms with Crippen LogP contribution in [0.2, 0.25) is 0 Å². The maximum Gasteiger partial charge on any atom is 0.222 e. The van der Waals surface area contributed by atoms with Gasteiger partial charge in [0.05, 0.1) is 0 Å². The van der Waals surface area contributed by atoms with Crippen molar-refractivity contribution in [1.82, 2.24) is 4.90 Å². The number of hydrogen-bond donors (Lipinski definition) is 1. The zero-order valence-corrected chi connectivity index (χ0v) is 13.9. The maximum atomic E-state index is 12.3. The summed E-state index contributed by atoms with van der Waals surface area (Å²) in [4.78, 5) is 14.4. The normalized spacial score (nSPS) is 21.1. The summed E-state index contributed by atoms with van der Waals surface area (Å²) < 4.78 is 0. The van der Waals surface area contributed by atoms with Crippen LogP contribution in [0.15, 0.2) is 30.3 Å². The highest BCUT2D eigenvalue weighted by Crippen LogP contribution is 2.25. The largest absolute Gasteiger partial charge is 0.342 e. The van der Waals surface area contributed by atoms with Gasteiger partial charge < -0.3 is 4.90 Å². The predicted octanol–water partition coefficient (Wildman–Crippen LogP) is 4.13. The van der Waals surface area contributed by atoms with Crippen molar-refractivity contribution in [2.75, 3.05) is 18.8 Å². The molecule has 1 heterocycles. The van der Waals surface area contributed by atoms with Gasteiger partial charge in [-0.25, -0.2) is 0 Å². The molecule has 1 saturated heterocycles. The van der Waals surface area contributed by atoms with Gasteiger partial charge in [0, 0.05) is 25.4 Å². The zero-order valence-electron chi connectivity index (χ0n) is 13.0. The van der Waals surface area contributed by atoms with Crippen LogP contribution in [0.3, 0.4) is 0 Å². The van der Waals surface area contributed by atoms with E-state index in [1.165, 1.54) is 18.4 Å². The van der Waals surface area contributed by atoms with Crippen LogP contribution in [-0.2, 0) is 4.79 Å². The van der Waals surface area contributed by atoms with Crippen molar-refractivity contribution >= 4 is 18.5 Å². The van der Waals surface area contributed by atoms with E-state index in [0.717, 1.165) is 44.0 Å². The van der Waals surface area contributed by atoms with Gasteiger partial charge in [0.15, 0.2) is 0 Å². The summed E-state index contributed by atoms with van der Waals surface area (Å²) in [5, 5.41) is 0. The van der Waals surface area contributed by atoms with E-state index in [2.05, 4.69) is 48.7 Å². The molecule has 0 saturated carbocycles. The van der Waals surface area contributed by atoms with Gasteiger partial charge in [-0.3, -0.25) is 4.79 Å². The first-order valence-corrected chi connectivity index (χ1v) is 8.81. The Morgan fingerprint density at radius 1 is 1.29 bits per heavy atom. The minimum absolute atomic E-state index is 0.330. The van der Waals surface area contributed by atoms with E-state index in [1.54, 1.807) is 0 Å². The highest BCUT2D eigenvalue weighted by Gasteiger charge is 2.24. The highest BCUT2D eigenvalue weighted by molar-refractivity contribution is 7.80. The van der Waals surface area contributed by atoms with Crippen LogP contribution in [-0.4, -0.2) is 29.6 Å². The van der Waals surface area contributed by atoms with Gasteiger partial charge >= 0.3 is 0 Å². The number of rotatable bonds is 6. The Balaban J connectivity index is 1.98. The Hall–Kier alpha value is -0.960. The Labute approximate surface area is 134 Å². The lowest BCUT2D eigenvalue weighted by atomic mass is 9.96. The molecular formula is C18H27NOS. The van der Waals surface area contributed by atoms with E-state index in [9.17, 15) is 4.79 Å². The van der Waals surface area contributed by atoms with Crippen molar-refractivity contribution in [3.63, 3.8) is 0 Å². The monoisotopic (exact) mass is 305 g/mol. The van der Waals surface area contributed by atoms with Crippen LogP contribution in [0, 0.1) is 5.92 Å². The van der Waals surface area contributed by atoms with E-state index < -0.39 is 0 Å². The van der Waals surface area contributed by atoms with Gasteiger partial charge in [0.25, 0.3) is 0 Å². The topological polar surface area (TPSA) is 20.3 Å². The highest BCUT2D eigenvalue weighted by atomic mass is 32.1. The van der Waals surface area contributed by atoms with Crippen molar-refractivity contribution in [3.8, 4) is 0 Å². The molecule has 1 aromatic rings. The van der Waals surface area contributed by atoms with Crippen LogP contribution in [0.4, 0.5) is 0 Å². The number of nitrogens with zero attached hydrogens (tertiary/aromatic N) is 1. The smallest absolute Gasteiger partial charge is 0.222 e. The van der Waals surface area contributed by atoms with E-state index in [4.69, 9.17) is 0 Å². The van der Waals surface area contributed by atoms with Crippen molar-refractivity contribution < 1.29 is 4.79 Å². The first kappa shape index (κ1) is 16.4. The lowest BCUT2D eigenvalue weighted by Crippen LogP contribution is -2.34. The van der Waals surface area contributed by atoms with Crippen molar-refractivity contribution in [3.05, 3.63) is 35.9 Å². The van der Waals surface area contributed by atoms with E-state index >= 15 is 0 Å². The molecule has 0 N–H and O–H groups in total. The number of carbonyl (C=O) groups excluding carboxylic acids is 1. The summed E-state index contributed by atoms with van der Waals surface area (Å²) in [7, 11) is 0. The van der Waals surface area contributed by atoms with Gasteiger partial charge in [-0.15, -0.1) is 0 Å². The van der Waals surface area contributed by atoms with E-state index in [-0.39, 0.29) is 0 Å². The molecule has 2 atom stereocenters. The maximum absolute atomic E-state index is 12.3. The molecule has 2 unspecified atom stereocenters. The van der Waals surface area contributed by atoms with Gasteiger partial charge in [0.2, 0.25) is 5.91 Å². The summed E-state index contributed by atoms with van der Waals surface area (Å²) in [5.41, 5.74) is 1.29. The van der Waals surface area contributed by atoms with Crippen LogP contribution in [0.1, 0.15) is 50.5 Å². The molecule has 1 amide bonds. The van der Waals surface area contributed by atoms with Gasteiger partial charge in [0.1, 0.15) is 0 Å². The summed E-state index contributed by atoms with van der Waals surface area (Å²) in [6.07, 6.45) is 5.43. The number of thiol groups is 1. The molecule has 1 aliphatic rings. The zero-order chi connectivity index (χ0) is 15.1. The predicted molar refractivity (Wildman–Crippen MR) is 91.9 cm³/mol. The molecule has 0 aromatic heterocycles. The summed E-state index contributed by atoms with van der Waals surface area (Å²) in [6.45, 7) is 3.96. The lowest BCUT2D eigenvalue weighted by Gasteiger charge is -2.26. The number of benzene rings is 1. The number of carbonyl (C=O) groups is 1. The Morgan fingerprint density at radius 3 is 2.71 bits per heavy atom. The fourth-order valence-corrected chi connectivity index (χ4v) is 3.57. The number of likely N-dealkylation sites (tertiary alicyclic amines) is 1. The fourth-order valence-electron chi connectivity index (χ4n) is 3.24. The van der Waals surface area contributed by atoms with Gasteiger partial charge in [-0.1, -0.05) is 50.1 Å². The molecule has 0 radical (unpaired) electrons. The average Bonchev–Trinajstić information content (AvgIpc) is 2.69. The van der Waals surface area contributed by atoms with Crippen LogP contribution >= 0.6 is 12.6 Å². The van der Waals surface area contributed by atoms with Crippen LogP contribution < -0.4 is 0 Å². The number of hydrogen-bond acceptors (Lipinski definition) is 2. The van der Waals surface area contributed by atoms with Gasteiger partial charge in [-0.2, -0.15) is 12.6 Å². The van der Waals surface area contributed by atoms with Crippen molar-refractivity contribution in [2.24, 2.45) is 5.92 Å². The fraction of sp³-hybridized carbons (Fsp3) is 0.611. The third-order valence-electron chi connectivity index (χ3n) is 4.56. The third-order valence-corrected chi connectivity index (χ3v) is 5.00. The quantitative estimate of drug-likeness (QED) is 0.784. The lowest BCUT2D eigenvalue weighted by molar-refractivity contribution is -0.130. The molecule has 0 aliphatic carbocycles. The summed E-state index contributed by atoms with van der Waals surface area (Å²) in [6, 6.07) is 10.4. The Morgan fingerprint density at radius 2 is 2.05 bits per heavy atom. The summed E-state index contributed by atoms with van der Waals surface area (Å²) >= 11 is 4.50. The second-order valence-electron chi connectivity index (χ2n) is 6.11. The first-order valence-electron chi connectivity index (χ1n) is 8.18. The molecule has 3 heteroatoms. The molecule has 116 valence electrons.